The van der Waals surface area contributed by atoms with Gasteiger partial charge in [0.2, 0.25) is 5.95 Å². The van der Waals surface area contributed by atoms with E-state index in [4.69, 9.17) is 24.5 Å². The van der Waals surface area contributed by atoms with Crippen molar-refractivity contribution in [2.45, 2.75) is 32.2 Å². The lowest BCUT2D eigenvalue weighted by atomic mass is 10.1. The first-order valence-corrected chi connectivity index (χ1v) is 12.9. The molecule has 0 aliphatic carbocycles. The van der Waals surface area contributed by atoms with Crippen LogP contribution in [0.3, 0.4) is 0 Å². The van der Waals surface area contributed by atoms with Crippen LogP contribution in [0.5, 0.6) is 0 Å². The Morgan fingerprint density at radius 2 is 1.30 bits per heavy atom. The summed E-state index contributed by atoms with van der Waals surface area (Å²) >= 11 is 0. The molecule has 12 nitrogen and oxygen atoms in total. The van der Waals surface area contributed by atoms with Crippen molar-refractivity contribution in [3.8, 4) is 11.1 Å². The molecule has 4 rings (SSSR count). The maximum Gasteiger partial charge on any atom is 0.490 e. The Labute approximate surface area is 242 Å². The fourth-order valence-corrected chi connectivity index (χ4v) is 3.94. The Morgan fingerprint density at radius 1 is 0.837 bits per heavy atom. The minimum absolute atomic E-state index is 0.0908. The van der Waals surface area contributed by atoms with Gasteiger partial charge >= 0.3 is 24.3 Å². The molecule has 240 valence electrons. The minimum Gasteiger partial charge on any atom is -0.475 e. The van der Waals surface area contributed by atoms with E-state index < -0.39 is 24.3 Å². The number of ether oxygens (including phenoxy) is 1. The van der Waals surface area contributed by atoms with Crippen LogP contribution in [0.4, 0.5) is 32.3 Å². The molecule has 0 saturated carbocycles. The number of rotatable bonds is 4. The molecule has 2 saturated heterocycles. The summed E-state index contributed by atoms with van der Waals surface area (Å²) in [6.07, 6.45) is -4.52. The van der Waals surface area contributed by atoms with Crippen LogP contribution in [0, 0.1) is 0 Å². The summed E-state index contributed by atoms with van der Waals surface area (Å²) < 4.78 is 70.8. The Hall–Kier alpha value is -3.93. The van der Waals surface area contributed by atoms with Gasteiger partial charge in [0, 0.05) is 82.1 Å². The number of carboxylic acids is 2. The topological polar surface area (TPSA) is 141 Å². The summed E-state index contributed by atoms with van der Waals surface area (Å²) in [7, 11) is 1.92. The van der Waals surface area contributed by atoms with E-state index in [2.05, 4.69) is 33.6 Å². The van der Waals surface area contributed by atoms with Gasteiger partial charge in [0.05, 0.1) is 13.2 Å². The van der Waals surface area contributed by atoms with Gasteiger partial charge in [-0.25, -0.2) is 19.6 Å². The Balaban J connectivity index is 0.000000384. The number of morpholine rings is 1. The molecular weight excluding hydrogens is 594 g/mol. The monoisotopic (exact) mass is 626 g/mol. The number of aromatic nitrogens is 3. The normalized spacial score (nSPS) is 16.1. The molecule has 2 aromatic rings. The number of anilines is 1. The lowest BCUT2D eigenvalue weighted by Gasteiger charge is -2.36. The second-order valence-corrected chi connectivity index (χ2v) is 9.62. The summed E-state index contributed by atoms with van der Waals surface area (Å²) in [5.41, 5.74) is 2.58. The molecule has 0 unspecified atom stereocenters. The van der Waals surface area contributed by atoms with Gasteiger partial charge in [-0.15, -0.1) is 0 Å². The second-order valence-electron chi connectivity index (χ2n) is 9.62. The molecular formula is C25H32F6N6O6. The number of alkyl halides is 6. The maximum absolute atomic E-state index is 13.0. The van der Waals surface area contributed by atoms with Crippen molar-refractivity contribution < 1.29 is 55.7 Å². The fraction of sp³-hybridized carbons (Fsp3) is 0.560. The molecule has 1 amide bonds. The van der Waals surface area contributed by atoms with E-state index >= 15 is 0 Å². The van der Waals surface area contributed by atoms with Crippen molar-refractivity contribution in [1.82, 2.24) is 24.3 Å². The van der Waals surface area contributed by atoms with Crippen molar-refractivity contribution in [3.63, 3.8) is 0 Å². The number of aliphatic carboxylic acids is 2. The molecule has 2 fully saturated rings. The van der Waals surface area contributed by atoms with Crippen molar-refractivity contribution >= 4 is 23.8 Å². The van der Waals surface area contributed by atoms with Gasteiger partial charge in [0.15, 0.2) is 0 Å². The molecule has 4 heterocycles. The van der Waals surface area contributed by atoms with E-state index in [1.165, 1.54) is 0 Å². The number of halogens is 6. The van der Waals surface area contributed by atoms with Crippen molar-refractivity contribution in [3.05, 3.63) is 30.4 Å². The highest BCUT2D eigenvalue weighted by Gasteiger charge is 2.39. The van der Waals surface area contributed by atoms with Gasteiger partial charge in [-0.3, -0.25) is 9.69 Å². The van der Waals surface area contributed by atoms with Crippen LogP contribution in [0.15, 0.2) is 24.7 Å². The molecule has 0 bridgehead atoms. The first-order valence-electron chi connectivity index (χ1n) is 12.9. The molecule has 0 spiro atoms. The van der Waals surface area contributed by atoms with Crippen LogP contribution < -0.4 is 4.90 Å². The van der Waals surface area contributed by atoms with E-state index in [1.807, 2.05) is 41.2 Å². The number of hydrogen-bond acceptors (Lipinski definition) is 8. The molecule has 2 aliphatic heterocycles. The third-order valence-electron chi connectivity index (χ3n) is 6.31. The predicted molar refractivity (Wildman–Crippen MR) is 139 cm³/mol. The SMILES string of the molecule is CC(C)N1CCN(C(=O)c2cc(-c3cnc(N4CCOCC4)nc3)cn2C)CC1.O=C(O)C(F)(F)F.O=C(O)C(F)(F)F. The number of carbonyl (C=O) groups is 3. The largest absolute Gasteiger partial charge is 0.490 e. The highest BCUT2D eigenvalue weighted by molar-refractivity contribution is 5.94. The average molecular weight is 627 g/mol. The number of hydrogen-bond donors (Lipinski definition) is 2. The standard InChI is InChI=1S/C21H30N6O2.2C2HF3O2/c1-16(2)25-4-6-26(7-5-25)20(28)19-12-17(15-24(19)3)18-13-22-21(23-14-18)27-8-10-29-11-9-27;2*3-2(4,5)1(6)7/h12-16H,4-11H2,1-3H3;2*(H,6,7). The first kappa shape index (κ1) is 35.3. The lowest BCUT2D eigenvalue weighted by molar-refractivity contribution is -0.193. The highest BCUT2D eigenvalue weighted by atomic mass is 19.4. The molecule has 0 aromatic carbocycles. The summed E-state index contributed by atoms with van der Waals surface area (Å²) in [6, 6.07) is 2.47. The number of aryl methyl sites for hydroxylation is 1. The Kier molecular flexibility index (Phi) is 12.3. The summed E-state index contributed by atoms with van der Waals surface area (Å²) in [5.74, 6) is -4.69. The predicted octanol–water partition coefficient (Wildman–Crippen LogP) is 2.75. The second kappa shape index (κ2) is 15.0. The quantitative estimate of drug-likeness (QED) is 0.487. The average Bonchev–Trinajstić information content (AvgIpc) is 3.34. The van der Waals surface area contributed by atoms with Crippen LogP contribution in [-0.2, 0) is 21.4 Å². The van der Waals surface area contributed by atoms with E-state index in [-0.39, 0.29) is 5.91 Å². The van der Waals surface area contributed by atoms with Gasteiger partial charge in [-0.05, 0) is 19.9 Å². The number of carbonyl (C=O) groups excluding carboxylic acids is 1. The van der Waals surface area contributed by atoms with Gasteiger partial charge < -0.3 is 29.3 Å². The van der Waals surface area contributed by atoms with Gasteiger partial charge in [-0.1, -0.05) is 0 Å². The fourth-order valence-electron chi connectivity index (χ4n) is 3.94. The highest BCUT2D eigenvalue weighted by Crippen LogP contribution is 2.23. The lowest BCUT2D eigenvalue weighted by Crippen LogP contribution is -2.50. The van der Waals surface area contributed by atoms with Crippen molar-refractivity contribution in [1.29, 1.82) is 0 Å². The molecule has 18 heteroatoms. The maximum atomic E-state index is 13.0. The van der Waals surface area contributed by atoms with Crippen LogP contribution in [0.1, 0.15) is 24.3 Å². The Morgan fingerprint density at radius 3 is 1.72 bits per heavy atom. The van der Waals surface area contributed by atoms with Gasteiger partial charge in [0.25, 0.3) is 5.91 Å². The van der Waals surface area contributed by atoms with Crippen molar-refractivity contribution in [2.24, 2.45) is 7.05 Å². The van der Waals surface area contributed by atoms with Crippen LogP contribution in [0.25, 0.3) is 11.1 Å². The summed E-state index contributed by atoms with van der Waals surface area (Å²) in [5, 5.41) is 14.2. The van der Waals surface area contributed by atoms with E-state index in [1.54, 1.807) is 0 Å². The Bertz CT molecular complexity index is 1200. The molecule has 43 heavy (non-hydrogen) atoms. The zero-order valence-corrected chi connectivity index (χ0v) is 23.5. The van der Waals surface area contributed by atoms with E-state index in [9.17, 15) is 31.1 Å². The minimum atomic E-state index is -5.08. The van der Waals surface area contributed by atoms with E-state index in [0.29, 0.717) is 24.9 Å². The number of nitrogens with zero attached hydrogens (tertiary/aromatic N) is 6. The van der Waals surface area contributed by atoms with Crippen LogP contribution in [-0.4, -0.2) is 123 Å². The first-order chi connectivity index (χ1) is 19.9. The van der Waals surface area contributed by atoms with Gasteiger partial charge in [-0.2, -0.15) is 26.3 Å². The summed E-state index contributed by atoms with van der Waals surface area (Å²) in [4.78, 5) is 46.4. The third-order valence-corrected chi connectivity index (χ3v) is 6.31. The zero-order chi connectivity index (χ0) is 32.5. The number of piperazine rings is 1. The zero-order valence-electron chi connectivity index (χ0n) is 23.5. The van der Waals surface area contributed by atoms with Gasteiger partial charge in [0.1, 0.15) is 5.69 Å². The summed E-state index contributed by atoms with van der Waals surface area (Å²) in [6.45, 7) is 10.8. The molecule has 0 radical (unpaired) electrons. The smallest absolute Gasteiger partial charge is 0.475 e. The van der Waals surface area contributed by atoms with E-state index in [0.717, 1.165) is 56.3 Å². The molecule has 0 atom stereocenters. The van der Waals surface area contributed by atoms with Crippen LogP contribution in [0.2, 0.25) is 0 Å². The van der Waals surface area contributed by atoms with Crippen LogP contribution >= 0.6 is 0 Å². The number of carboxylic acid groups (broad SMARTS) is 2. The third kappa shape index (κ3) is 10.7. The molecule has 2 aromatic heterocycles. The molecule has 2 N–H and O–H groups in total. The molecule has 2 aliphatic rings. The van der Waals surface area contributed by atoms with Crippen molar-refractivity contribution in [2.75, 3.05) is 57.4 Å². The number of amides is 1.